The van der Waals surface area contributed by atoms with E-state index in [9.17, 15) is 9.90 Å². The Bertz CT molecular complexity index is 870. The van der Waals surface area contributed by atoms with E-state index in [1.54, 1.807) is 36.4 Å². The van der Waals surface area contributed by atoms with Crippen LogP contribution in [-0.4, -0.2) is 29.9 Å². The standard InChI is InChI=1S/C18H16ClNO3.ClH/c1-20(2)9-13-15(21)7-8-16-17(13)14(10-23-16)18(22)11-3-5-12(19)6-4-11;/h3-8,10,21H,9H2,1-2H3;1H. The van der Waals surface area contributed by atoms with Crippen LogP contribution in [0.5, 0.6) is 5.75 Å². The maximum absolute atomic E-state index is 12.8. The van der Waals surface area contributed by atoms with Crippen LogP contribution >= 0.6 is 24.0 Å². The summed E-state index contributed by atoms with van der Waals surface area (Å²) in [6.45, 7) is 0.504. The van der Waals surface area contributed by atoms with Crippen molar-refractivity contribution in [3.05, 3.63) is 64.4 Å². The summed E-state index contributed by atoms with van der Waals surface area (Å²) in [7, 11) is 3.80. The molecular formula is C18H17Cl2NO3. The minimum Gasteiger partial charge on any atom is -0.508 e. The fourth-order valence-corrected chi connectivity index (χ4v) is 2.72. The van der Waals surface area contributed by atoms with E-state index in [2.05, 4.69) is 0 Å². The van der Waals surface area contributed by atoms with Gasteiger partial charge < -0.3 is 14.4 Å². The number of hydrogen-bond donors (Lipinski definition) is 1. The molecule has 0 saturated carbocycles. The number of phenols is 1. The third-order valence-corrected chi connectivity index (χ3v) is 3.90. The van der Waals surface area contributed by atoms with Gasteiger partial charge in [0.2, 0.25) is 0 Å². The van der Waals surface area contributed by atoms with E-state index in [1.165, 1.54) is 6.26 Å². The highest BCUT2D eigenvalue weighted by Crippen LogP contribution is 2.33. The molecule has 0 fully saturated rings. The van der Waals surface area contributed by atoms with Crippen LogP contribution in [0.3, 0.4) is 0 Å². The van der Waals surface area contributed by atoms with Gasteiger partial charge in [-0.3, -0.25) is 4.79 Å². The first-order valence-electron chi connectivity index (χ1n) is 7.14. The Kier molecular flexibility index (Phi) is 5.54. The van der Waals surface area contributed by atoms with Gasteiger partial charge in [-0.25, -0.2) is 0 Å². The number of halogens is 2. The molecule has 3 rings (SSSR count). The van der Waals surface area contributed by atoms with Crippen molar-refractivity contribution in [1.29, 1.82) is 0 Å². The molecule has 0 aliphatic heterocycles. The van der Waals surface area contributed by atoms with Crippen LogP contribution in [0.1, 0.15) is 21.5 Å². The summed E-state index contributed by atoms with van der Waals surface area (Å²) in [6, 6.07) is 9.96. The Balaban J connectivity index is 0.00000208. The Labute approximate surface area is 151 Å². The van der Waals surface area contributed by atoms with Crippen molar-refractivity contribution in [3.63, 3.8) is 0 Å². The zero-order chi connectivity index (χ0) is 16.6. The number of carbonyl (C=O) groups is 1. The lowest BCUT2D eigenvalue weighted by molar-refractivity contribution is 0.103. The van der Waals surface area contributed by atoms with E-state index < -0.39 is 0 Å². The van der Waals surface area contributed by atoms with E-state index in [1.807, 2.05) is 19.0 Å². The molecule has 1 aromatic heterocycles. The number of hydrogen-bond acceptors (Lipinski definition) is 4. The van der Waals surface area contributed by atoms with E-state index >= 15 is 0 Å². The number of furan rings is 1. The first-order chi connectivity index (χ1) is 11.0. The minimum atomic E-state index is -0.161. The number of fused-ring (bicyclic) bond motifs is 1. The Hall–Kier alpha value is -2.01. The molecular weight excluding hydrogens is 349 g/mol. The molecule has 0 unspecified atom stereocenters. The summed E-state index contributed by atoms with van der Waals surface area (Å²) < 4.78 is 5.52. The van der Waals surface area contributed by atoms with Crippen molar-refractivity contribution in [2.75, 3.05) is 14.1 Å². The van der Waals surface area contributed by atoms with Crippen molar-refractivity contribution in [3.8, 4) is 5.75 Å². The highest BCUT2D eigenvalue weighted by Gasteiger charge is 2.20. The molecule has 0 bridgehead atoms. The highest BCUT2D eigenvalue weighted by molar-refractivity contribution is 6.30. The van der Waals surface area contributed by atoms with Crippen LogP contribution in [-0.2, 0) is 6.54 Å². The Morgan fingerprint density at radius 1 is 1.17 bits per heavy atom. The zero-order valence-corrected chi connectivity index (χ0v) is 14.8. The second kappa shape index (κ2) is 7.26. The van der Waals surface area contributed by atoms with Gasteiger partial charge in [0.25, 0.3) is 0 Å². The number of benzene rings is 2. The number of nitrogens with zero attached hydrogens (tertiary/aromatic N) is 1. The summed E-state index contributed by atoms with van der Waals surface area (Å²) >= 11 is 5.87. The molecule has 0 aliphatic carbocycles. The maximum Gasteiger partial charge on any atom is 0.196 e. The van der Waals surface area contributed by atoms with Gasteiger partial charge in [0, 0.05) is 28.1 Å². The third kappa shape index (κ3) is 3.41. The molecule has 3 aromatic rings. The van der Waals surface area contributed by atoms with E-state index in [-0.39, 0.29) is 23.9 Å². The molecule has 0 radical (unpaired) electrons. The molecule has 24 heavy (non-hydrogen) atoms. The second-order valence-corrected chi connectivity index (χ2v) is 6.10. The number of phenolic OH excluding ortho intramolecular Hbond substituents is 1. The maximum atomic E-state index is 12.8. The van der Waals surface area contributed by atoms with Crippen LogP contribution < -0.4 is 0 Å². The SMILES string of the molecule is CN(C)Cc1c(O)ccc2occ(C(=O)c3ccc(Cl)cc3)c12.Cl. The van der Waals surface area contributed by atoms with Crippen molar-refractivity contribution >= 4 is 40.8 Å². The van der Waals surface area contributed by atoms with Gasteiger partial charge in [-0.1, -0.05) is 11.6 Å². The Morgan fingerprint density at radius 2 is 1.83 bits per heavy atom. The van der Waals surface area contributed by atoms with Crippen molar-refractivity contribution < 1.29 is 14.3 Å². The van der Waals surface area contributed by atoms with Gasteiger partial charge in [-0.2, -0.15) is 0 Å². The molecule has 0 spiro atoms. The van der Waals surface area contributed by atoms with Gasteiger partial charge in [0.15, 0.2) is 5.78 Å². The van der Waals surface area contributed by atoms with Gasteiger partial charge >= 0.3 is 0 Å². The quantitative estimate of drug-likeness (QED) is 0.691. The third-order valence-electron chi connectivity index (χ3n) is 3.65. The van der Waals surface area contributed by atoms with Crippen LogP contribution in [0.25, 0.3) is 11.0 Å². The molecule has 0 amide bonds. The zero-order valence-electron chi connectivity index (χ0n) is 13.2. The molecule has 126 valence electrons. The highest BCUT2D eigenvalue weighted by atomic mass is 35.5. The number of aromatic hydroxyl groups is 1. The Morgan fingerprint density at radius 3 is 2.46 bits per heavy atom. The van der Waals surface area contributed by atoms with Crippen LogP contribution in [0.15, 0.2) is 47.1 Å². The average molecular weight is 366 g/mol. The van der Waals surface area contributed by atoms with Crippen molar-refractivity contribution in [1.82, 2.24) is 4.90 Å². The normalized spacial score (nSPS) is 10.8. The van der Waals surface area contributed by atoms with Gasteiger partial charge in [0.1, 0.15) is 17.6 Å². The van der Waals surface area contributed by atoms with Crippen LogP contribution in [0.4, 0.5) is 0 Å². The predicted octanol–water partition coefficient (Wildman–Crippen LogP) is 4.51. The number of ketones is 1. The van der Waals surface area contributed by atoms with Crippen LogP contribution in [0.2, 0.25) is 5.02 Å². The lowest BCUT2D eigenvalue weighted by atomic mass is 9.98. The first-order valence-corrected chi connectivity index (χ1v) is 7.52. The summed E-state index contributed by atoms with van der Waals surface area (Å²) in [5.74, 6) is -0.0104. The number of carbonyl (C=O) groups excluding carboxylic acids is 1. The molecule has 1 heterocycles. The molecule has 4 nitrogen and oxygen atoms in total. The van der Waals surface area contributed by atoms with Gasteiger partial charge in [-0.05, 0) is 50.5 Å². The minimum absolute atomic E-state index is 0. The molecule has 1 N–H and O–H groups in total. The van der Waals surface area contributed by atoms with E-state index in [0.29, 0.717) is 39.2 Å². The monoisotopic (exact) mass is 365 g/mol. The predicted molar refractivity (Wildman–Crippen MR) is 97.4 cm³/mol. The molecule has 0 saturated heterocycles. The summed E-state index contributed by atoms with van der Waals surface area (Å²) in [4.78, 5) is 14.7. The van der Waals surface area contributed by atoms with Crippen LogP contribution in [0, 0.1) is 0 Å². The van der Waals surface area contributed by atoms with Crippen molar-refractivity contribution in [2.24, 2.45) is 0 Å². The lowest BCUT2D eigenvalue weighted by Gasteiger charge is -2.13. The molecule has 0 aliphatic rings. The first kappa shape index (κ1) is 18.3. The van der Waals surface area contributed by atoms with E-state index in [4.69, 9.17) is 16.0 Å². The topological polar surface area (TPSA) is 53.7 Å². The molecule has 6 heteroatoms. The van der Waals surface area contributed by atoms with Gasteiger partial charge in [0.05, 0.1) is 5.56 Å². The lowest BCUT2D eigenvalue weighted by Crippen LogP contribution is -2.12. The molecule has 2 aromatic carbocycles. The second-order valence-electron chi connectivity index (χ2n) is 5.66. The van der Waals surface area contributed by atoms with E-state index in [0.717, 1.165) is 0 Å². The number of rotatable bonds is 4. The summed E-state index contributed by atoms with van der Waals surface area (Å²) in [6.07, 6.45) is 1.44. The smallest absolute Gasteiger partial charge is 0.196 e. The molecule has 0 atom stereocenters. The largest absolute Gasteiger partial charge is 0.508 e. The van der Waals surface area contributed by atoms with Gasteiger partial charge in [-0.15, -0.1) is 12.4 Å². The summed E-state index contributed by atoms with van der Waals surface area (Å²) in [5, 5.41) is 11.4. The average Bonchev–Trinajstić information content (AvgIpc) is 2.94. The fraction of sp³-hybridized carbons (Fsp3) is 0.167. The summed E-state index contributed by atoms with van der Waals surface area (Å²) in [5.41, 5.74) is 2.22. The van der Waals surface area contributed by atoms with Crippen molar-refractivity contribution in [2.45, 2.75) is 6.54 Å². The fourth-order valence-electron chi connectivity index (χ4n) is 2.59.